The summed E-state index contributed by atoms with van der Waals surface area (Å²) in [5.41, 5.74) is 6.68. The number of benzene rings is 3. The van der Waals surface area contributed by atoms with Crippen molar-refractivity contribution >= 4 is 68.0 Å². The first kappa shape index (κ1) is 57.3. The molecule has 0 fully saturated rings. The summed E-state index contributed by atoms with van der Waals surface area (Å²) in [5, 5.41) is 4.38. The SMILES string of the molecule is CCCCOc1ccc(OCCCC)c(-c2ccsc2-c2ccc(-c3cc(-c4cc(OCCCC)ccc4OCCCC)c(-c4ccc(-c5cc(-c6cc(OCCCC)ccc6OCCCC)c(-c6cccs6)s5)s4)s3)s2)c1. The molecular formula is C66H74O6S6. The fourth-order valence-electron chi connectivity index (χ4n) is 8.88. The standard InChI is InChI=1S/C66H74O6S6/c1-7-13-32-67-45-21-24-54(70-35-16-10-4)49(40-45)48-31-39-74-64(48)60-29-27-57(75-60)63-44-53(51-42-47(69-34-15-9-3)23-26-56(51)72-37-18-12-6)66(78-63)61-30-28-58(76-61)62-43-52(65(77-62)59-20-19-38-73-59)50-41-46(68-33-14-8-2)22-25-55(50)71-36-17-11-5/h19-31,38-44H,7-18,32-37H2,1-6H3. The summed E-state index contributed by atoms with van der Waals surface area (Å²) in [6.45, 7) is 17.3. The lowest BCUT2D eigenvalue weighted by atomic mass is 10.0. The summed E-state index contributed by atoms with van der Waals surface area (Å²) >= 11 is 11.0. The molecule has 0 atom stereocenters. The number of unbranched alkanes of at least 4 members (excludes halogenated alkanes) is 6. The highest BCUT2D eigenvalue weighted by molar-refractivity contribution is 7.30. The molecular weight excluding hydrogens is 1080 g/mol. The molecule has 78 heavy (non-hydrogen) atoms. The minimum atomic E-state index is 0.651. The van der Waals surface area contributed by atoms with E-state index in [9.17, 15) is 0 Å². The van der Waals surface area contributed by atoms with Gasteiger partial charge in [-0.1, -0.05) is 86.1 Å². The molecule has 0 amide bonds. The van der Waals surface area contributed by atoms with E-state index in [0.717, 1.165) is 134 Å². The number of hydrogen-bond donors (Lipinski definition) is 0. The van der Waals surface area contributed by atoms with Gasteiger partial charge in [0, 0.05) is 67.5 Å². The smallest absolute Gasteiger partial charge is 0.127 e. The van der Waals surface area contributed by atoms with Gasteiger partial charge in [-0.25, -0.2) is 0 Å². The van der Waals surface area contributed by atoms with Gasteiger partial charge in [0.15, 0.2) is 0 Å². The molecule has 0 bridgehead atoms. The quantitative estimate of drug-likeness (QED) is 0.0392. The van der Waals surface area contributed by atoms with Crippen LogP contribution in [-0.2, 0) is 0 Å². The second kappa shape index (κ2) is 29.2. The van der Waals surface area contributed by atoms with E-state index in [1.165, 1.54) is 59.9 Å². The van der Waals surface area contributed by atoms with Gasteiger partial charge in [0.05, 0.1) is 54.3 Å². The molecule has 6 aromatic heterocycles. The number of thiophene rings is 6. The van der Waals surface area contributed by atoms with Crippen molar-refractivity contribution in [3.8, 4) is 117 Å². The molecule has 3 aromatic carbocycles. The summed E-state index contributed by atoms with van der Waals surface area (Å²) in [5.74, 6) is 5.27. The van der Waals surface area contributed by atoms with Gasteiger partial charge < -0.3 is 28.4 Å². The minimum Gasteiger partial charge on any atom is -0.494 e. The normalized spacial score (nSPS) is 11.4. The lowest BCUT2D eigenvalue weighted by Gasteiger charge is -2.14. The Morgan fingerprint density at radius 2 is 0.667 bits per heavy atom. The molecule has 410 valence electrons. The van der Waals surface area contributed by atoms with Crippen LogP contribution in [0.25, 0.3) is 82.2 Å². The van der Waals surface area contributed by atoms with E-state index in [-0.39, 0.29) is 0 Å². The Kier molecular flexibility index (Phi) is 21.5. The van der Waals surface area contributed by atoms with E-state index in [1.54, 1.807) is 22.7 Å². The van der Waals surface area contributed by atoms with Gasteiger partial charge in [-0.2, -0.15) is 0 Å². The maximum absolute atomic E-state index is 6.67. The molecule has 0 unspecified atom stereocenters. The van der Waals surface area contributed by atoms with Gasteiger partial charge in [0.25, 0.3) is 0 Å². The topological polar surface area (TPSA) is 55.4 Å². The van der Waals surface area contributed by atoms with E-state index in [2.05, 4.69) is 161 Å². The zero-order valence-electron chi connectivity index (χ0n) is 46.2. The first-order chi connectivity index (χ1) is 38.4. The Labute approximate surface area is 487 Å². The maximum Gasteiger partial charge on any atom is 0.127 e. The third kappa shape index (κ3) is 14.3. The monoisotopic (exact) mass is 1150 g/mol. The van der Waals surface area contributed by atoms with Gasteiger partial charge >= 0.3 is 0 Å². The second-order valence-electron chi connectivity index (χ2n) is 19.4. The number of rotatable bonds is 32. The maximum atomic E-state index is 6.67. The predicted molar refractivity (Wildman–Crippen MR) is 340 cm³/mol. The van der Waals surface area contributed by atoms with Crippen LogP contribution < -0.4 is 28.4 Å². The van der Waals surface area contributed by atoms with E-state index in [0.29, 0.717) is 39.6 Å². The molecule has 6 nitrogen and oxygen atoms in total. The van der Waals surface area contributed by atoms with Gasteiger partial charge in [-0.15, -0.1) is 68.0 Å². The Morgan fingerprint density at radius 3 is 1.08 bits per heavy atom. The van der Waals surface area contributed by atoms with Crippen LogP contribution in [0, 0.1) is 0 Å². The van der Waals surface area contributed by atoms with Crippen molar-refractivity contribution < 1.29 is 28.4 Å². The number of hydrogen-bond acceptors (Lipinski definition) is 12. The Balaban J connectivity index is 1.13. The van der Waals surface area contributed by atoms with Crippen LogP contribution in [0.4, 0.5) is 0 Å². The van der Waals surface area contributed by atoms with E-state index < -0.39 is 0 Å². The van der Waals surface area contributed by atoms with Gasteiger partial charge in [0.1, 0.15) is 34.5 Å². The zero-order valence-corrected chi connectivity index (χ0v) is 51.1. The van der Waals surface area contributed by atoms with Crippen molar-refractivity contribution in [2.75, 3.05) is 39.6 Å². The molecule has 0 spiro atoms. The molecule has 0 N–H and O–H groups in total. The Hall–Kier alpha value is -5.34. The van der Waals surface area contributed by atoms with Crippen LogP contribution in [0.2, 0.25) is 0 Å². The van der Waals surface area contributed by atoms with Crippen LogP contribution in [0.15, 0.2) is 120 Å². The molecule has 0 aliphatic heterocycles. The van der Waals surface area contributed by atoms with Crippen LogP contribution in [-0.4, -0.2) is 39.6 Å². The lowest BCUT2D eigenvalue weighted by molar-refractivity contribution is 0.302. The third-order valence-electron chi connectivity index (χ3n) is 13.3. The Morgan fingerprint density at radius 1 is 0.282 bits per heavy atom. The molecule has 0 saturated carbocycles. The van der Waals surface area contributed by atoms with Crippen molar-refractivity contribution in [2.45, 2.75) is 119 Å². The summed E-state index contributed by atoms with van der Waals surface area (Å²) in [6, 6.07) is 39.7. The van der Waals surface area contributed by atoms with E-state index >= 15 is 0 Å². The fraction of sp³-hybridized carbons (Fsp3) is 0.364. The van der Waals surface area contributed by atoms with Crippen LogP contribution in [0.5, 0.6) is 34.5 Å². The summed E-state index contributed by atoms with van der Waals surface area (Å²) in [7, 11) is 0. The minimum absolute atomic E-state index is 0.651. The van der Waals surface area contributed by atoms with Crippen molar-refractivity contribution in [1.29, 1.82) is 0 Å². The first-order valence-corrected chi connectivity index (χ1v) is 33.3. The van der Waals surface area contributed by atoms with Crippen molar-refractivity contribution in [1.82, 2.24) is 0 Å². The predicted octanol–water partition coefficient (Wildman–Crippen LogP) is 22.5. The number of ether oxygens (including phenoxy) is 6. The van der Waals surface area contributed by atoms with E-state index in [1.807, 2.05) is 45.3 Å². The van der Waals surface area contributed by atoms with Gasteiger partial charge in [0.2, 0.25) is 0 Å². The van der Waals surface area contributed by atoms with E-state index in [4.69, 9.17) is 28.4 Å². The highest BCUT2D eigenvalue weighted by Gasteiger charge is 2.25. The average molecular weight is 1160 g/mol. The van der Waals surface area contributed by atoms with Crippen LogP contribution in [0.3, 0.4) is 0 Å². The molecule has 6 heterocycles. The van der Waals surface area contributed by atoms with Crippen LogP contribution >= 0.6 is 68.0 Å². The third-order valence-corrected chi connectivity index (χ3v) is 20.5. The molecule has 0 saturated heterocycles. The summed E-state index contributed by atoms with van der Waals surface area (Å²) < 4.78 is 38.7. The average Bonchev–Trinajstić information content (AvgIpc) is 4.36. The lowest BCUT2D eigenvalue weighted by Crippen LogP contribution is -2.00. The molecule has 9 rings (SSSR count). The van der Waals surface area contributed by atoms with Crippen LogP contribution in [0.1, 0.15) is 119 Å². The zero-order chi connectivity index (χ0) is 54.1. The second-order valence-corrected chi connectivity index (χ2v) is 25.5. The van der Waals surface area contributed by atoms with Gasteiger partial charge in [-0.05, 0) is 152 Å². The van der Waals surface area contributed by atoms with Crippen molar-refractivity contribution in [3.05, 3.63) is 120 Å². The molecule has 0 aliphatic rings. The van der Waals surface area contributed by atoms with Gasteiger partial charge in [-0.3, -0.25) is 0 Å². The summed E-state index contributed by atoms with van der Waals surface area (Å²) in [4.78, 5) is 12.2. The largest absolute Gasteiger partial charge is 0.494 e. The summed E-state index contributed by atoms with van der Waals surface area (Å²) in [6.07, 6.45) is 12.5. The molecule has 0 radical (unpaired) electrons. The first-order valence-electron chi connectivity index (χ1n) is 28.2. The van der Waals surface area contributed by atoms with Crippen molar-refractivity contribution in [2.24, 2.45) is 0 Å². The highest BCUT2D eigenvalue weighted by atomic mass is 32.1. The molecule has 9 aromatic rings. The highest BCUT2D eigenvalue weighted by Crippen LogP contribution is 2.54. The Bertz CT molecular complexity index is 3260. The molecule has 0 aliphatic carbocycles. The van der Waals surface area contributed by atoms with Crippen molar-refractivity contribution in [3.63, 3.8) is 0 Å². The fourth-order valence-corrected chi connectivity index (χ4v) is 15.4. The molecule has 12 heteroatoms.